The molecule has 1 heterocycles. The molecule has 104 valence electrons. The van der Waals surface area contributed by atoms with E-state index >= 15 is 0 Å². The van der Waals surface area contributed by atoms with Gasteiger partial charge in [-0.1, -0.05) is 18.6 Å². The van der Waals surface area contributed by atoms with Crippen molar-refractivity contribution in [1.29, 1.82) is 0 Å². The number of hydrogen-bond acceptors (Lipinski definition) is 2. The van der Waals surface area contributed by atoms with Crippen molar-refractivity contribution < 1.29 is 4.39 Å². The number of rotatable bonds is 3. The molecule has 1 aliphatic heterocycles. The van der Waals surface area contributed by atoms with Gasteiger partial charge in [0.15, 0.2) is 0 Å². The number of benzene rings is 1. The van der Waals surface area contributed by atoms with E-state index in [1.54, 1.807) is 12.1 Å². The topological polar surface area (TPSA) is 29.3 Å². The van der Waals surface area contributed by atoms with Gasteiger partial charge in [0.05, 0.1) is 0 Å². The van der Waals surface area contributed by atoms with Crippen molar-refractivity contribution in [3.63, 3.8) is 0 Å². The van der Waals surface area contributed by atoms with E-state index in [0.29, 0.717) is 0 Å². The molecule has 0 spiro atoms. The van der Waals surface area contributed by atoms with Crippen LogP contribution in [0.1, 0.15) is 37.8 Å². The number of nitrogens with zero attached hydrogens (tertiary/aromatic N) is 1. The second-order valence-electron chi connectivity index (χ2n) is 6.26. The molecule has 0 radical (unpaired) electrons. The van der Waals surface area contributed by atoms with Gasteiger partial charge in [-0.15, -0.1) is 0 Å². The Labute approximate surface area is 114 Å². The van der Waals surface area contributed by atoms with Gasteiger partial charge >= 0.3 is 0 Å². The van der Waals surface area contributed by atoms with Gasteiger partial charge in [-0.3, -0.25) is 4.90 Å². The second-order valence-corrected chi connectivity index (χ2v) is 6.26. The van der Waals surface area contributed by atoms with E-state index in [1.807, 2.05) is 12.1 Å². The Bertz CT molecular complexity index is 417. The van der Waals surface area contributed by atoms with Crippen molar-refractivity contribution in [2.45, 2.75) is 38.3 Å². The molecule has 1 aliphatic carbocycles. The summed E-state index contributed by atoms with van der Waals surface area (Å²) in [4.78, 5) is 2.52. The maximum Gasteiger partial charge on any atom is 0.123 e. The van der Waals surface area contributed by atoms with Crippen molar-refractivity contribution in [1.82, 2.24) is 4.90 Å². The van der Waals surface area contributed by atoms with Gasteiger partial charge in [-0.05, 0) is 49.3 Å². The van der Waals surface area contributed by atoms with Crippen LogP contribution < -0.4 is 5.73 Å². The SMILES string of the molecule is CC(N)C(c1ccc(F)cc1)N1CC2CCCC2C1. The maximum atomic E-state index is 13.1. The first-order chi connectivity index (χ1) is 9.15. The third-order valence-electron chi connectivity index (χ3n) is 4.86. The molecule has 4 atom stereocenters. The van der Waals surface area contributed by atoms with Crippen LogP contribution in [0.2, 0.25) is 0 Å². The lowest BCUT2D eigenvalue weighted by atomic mass is 9.99. The van der Waals surface area contributed by atoms with Crippen LogP contribution in [0.5, 0.6) is 0 Å². The van der Waals surface area contributed by atoms with Crippen molar-refractivity contribution in [3.8, 4) is 0 Å². The Balaban J connectivity index is 1.80. The predicted molar refractivity (Wildman–Crippen MR) is 75.2 cm³/mol. The summed E-state index contributed by atoms with van der Waals surface area (Å²) in [6.45, 7) is 4.38. The van der Waals surface area contributed by atoms with Gasteiger partial charge in [-0.25, -0.2) is 4.39 Å². The lowest BCUT2D eigenvalue weighted by Gasteiger charge is -2.32. The van der Waals surface area contributed by atoms with E-state index in [0.717, 1.165) is 30.5 Å². The van der Waals surface area contributed by atoms with Crippen LogP contribution >= 0.6 is 0 Å². The number of hydrogen-bond donors (Lipinski definition) is 1. The first-order valence-electron chi connectivity index (χ1n) is 7.40. The normalized spacial score (nSPS) is 30.3. The quantitative estimate of drug-likeness (QED) is 0.907. The Morgan fingerprint density at radius 3 is 2.26 bits per heavy atom. The van der Waals surface area contributed by atoms with E-state index in [-0.39, 0.29) is 17.9 Å². The largest absolute Gasteiger partial charge is 0.326 e. The summed E-state index contributed by atoms with van der Waals surface area (Å²) in [5.41, 5.74) is 7.35. The third-order valence-corrected chi connectivity index (χ3v) is 4.86. The molecule has 1 saturated heterocycles. The molecule has 3 rings (SSSR count). The molecule has 1 aromatic carbocycles. The van der Waals surface area contributed by atoms with Crippen LogP contribution in [-0.2, 0) is 0 Å². The Hall–Kier alpha value is -0.930. The average molecular weight is 262 g/mol. The van der Waals surface area contributed by atoms with Crippen molar-refractivity contribution in [3.05, 3.63) is 35.6 Å². The molecular weight excluding hydrogens is 239 g/mol. The summed E-state index contributed by atoms with van der Waals surface area (Å²) in [6.07, 6.45) is 4.13. The van der Waals surface area contributed by atoms with Gasteiger partial charge in [-0.2, -0.15) is 0 Å². The standard InChI is InChI=1S/C16H23FN2/c1-11(18)16(12-5-7-15(17)8-6-12)19-9-13-3-2-4-14(13)10-19/h5-8,11,13-14,16H,2-4,9-10,18H2,1H3. The average Bonchev–Trinajstić information content (AvgIpc) is 2.92. The Morgan fingerprint density at radius 1 is 1.16 bits per heavy atom. The lowest BCUT2D eigenvalue weighted by molar-refractivity contribution is 0.203. The first-order valence-corrected chi connectivity index (χ1v) is 7.40. The molecule has 4 unspecified atom stereocenters. The van der Waals surface area contributed by atoms with Crippen molar-refractivity contribution in [2.24, 2.45) is 17.6 Å². The predicted octanol–water partition coefficient (Wildman–Crippen LogP) is 2.95. The van der Waals surface area contributed by atoms with Gasteiger partial charge in [0.1, 0.15) is 5.82 Å². The number of likely N-dealkylation sites (tertiary alicyclic amines) is 1. The molecule has 19 heavy (non-hydrogen) atoms. The third kappa shape index (κ3) is 2.54. The molecule has 3 heteroatoms. The molecule has 1 saturated carbocycles. The number of halogens is 1. The zero-order valence-corrected chi connectivity index (χ0v) is 11.6. The van der Waals surface area contributed by atoms with Gasteiger partial charge < -0.3 is 5.73 Å². The van der Waals surface area contributed by atoms with E-state index in [1.165, 1.54) is 19.3 Å². The van der Waals surface area contributed by atoms with Gasteiger partial charge in [0.25, 0.3) is 0 Å². The summed E-state index contributed by atoms with van der Waals surface area (Å²) in [5, 5.41) is 0. The smallest absolute Gasteiger partial charge is 0.123 e. The summed E-state index contributed by atoms with van der Waals surface area (Å²) in [5.74, 6) is 1.55. The van der Waals surface area contributed by atoms with E-state index < -0.39 is 0 Å². The highest BCUT2D eigenvalue weighted by Gasteiger charge is 2.39. The minimum absolute atomic E-state index is 0.0734. The summed E-state index contributed by atoms with van der Waals surface area (Å²) in [6, 6.07) is 7.16. The second kappa shape index (κ2) is 5.22. The van der Waals surface area contributed by atoms with Crippen molar-refractivity contribution in [2.75, 3.05) is 13.1 Å². The van der Waals surface area contributed by atoms with E-state index in [2.05, 4.69) is 11.8 Å². The monoisotopic (exact) mass is 262 g/mol. The highest BCUT2D eigenvalue weighted by Crippen LogP contribution is 2.41. The van der Waals surface area contributed by atoms with Crippen LogP contribution in [0.25, 0.3) is 0 Å². The maximum absolute atomic E-state index is 13.1. The molecule has 2 N–H and O–H groups in total. The number of fused-ring (bicyclic) bond motifs is 1. The molecule has 0 bridgehead atoms. The van der Waals surface area contributed by atoms with Crippen LogP contribution in [0.4, 0.5) is 4.39 Å². The zero-order chi connectivity index (χ0) is 13.4. The zero-order valence-electron chi connectivity index (χ0n) is 11.6. The summed E-state index contributed by atoms with van der Waals surface area (Å²) >= 11 is 0. The molecule has 0 aromatic heterocycles. The fourth-order valence-electron chi connectivity index (χ4n) is 4.01. The Morgan fingerprint density at radius 2 is 1.74 bits per heavy atom. The van der Waals surface area contributed by atoms with E-state index in [9.17, 15) is 4.39 Å². The van der Waals surface area contributed by atoms with Gasteiger partial charge in [0.2, 0.25) is 0 Å². The highest BCUT2D eigenvalue weighted by atomic mass is 19.1. The molecule has 2 aliphatic rings. The molecule has 2 nitrogen and oxygen atoms in total. The summed E-state index contributed by atoms with van der Waals surface area (Å²) in [7, 11) is 0. The minimum Gasteiger partial charge on any atom is -0.326 e. The molecular formula is C16H23FN2. The summed E-state index contributed by atoms with van der Waals surface area (Å²) < 4.78 is 13.1. The van der Waals surface area contributed by atoms with E-state index in [4.69, 9.17) is 5.73 Å². The van der Waals surface area contributed by atoms with Gasteiger partial charge in [0, 0.05) is 25.2 Å². The number of nitrogens with two attached hydrogens (primary N) is 1. The van der Waals surface area contributed by atoms with Crippen LogP contribution in [0.3, 0.4) is 0 Å². The fourth-order valence-corrected chi connectivity index (χ4v) is 4.01. The van der Waals surface area contributed by atoms with Crippen molar-refractivity contribution >= 4 is 0 Å². The van der Waals surface area contributed by atoms with Crippen LogP contribution in [-0.4, -0.2) is 24.0 Å². The lowest BCUT2D eigenvalue weighted by Crippen LogP contribution is -2.38. The molecule has 2 fully saturated rings. The minimum atomic E-state index is -0.175. The molecule has 0 amide bonds. The molecule has 1 aromatic rings. The Kier molecular flexibility index (Phi) is 3.59. The van der Waals surface area contributed by atoms with Crippen LogP contribution in [0.15, 0.2) is 24.3 Å². The highest BCUT2D eigenvalue weighted by molar-refractivity contribution is 5.22. The fraction of sp³-hybridized carbons (Fsp3) is 0.625. The first kappa shape index (κ1) is 13.1. The van der Waals surface area contributed by atoms with Crippen LogP contribution in [0, 0.1) is 17.7 Å².